The molecule has 2 rings (SSSR count). The van der Waals surface area contributed by atoms with Gasteiger partial charge in [-0.05, 0) is 43.7 Å². The molecule has 0 aliphatic rings. The molecule has 0 saturated heterocycles. The van der Waals surface area contributed by atoms with Gasteiger partial charge in [0.2, 0.25) is 5.91 Å². The molecule has 1 amide bonds. The largest absolute Gasteiger partial charge is 0.325 e. The van der Waals surface area contributed by atoms with Gasteiger partial charge in [0.1, 0.15) is 5.82 Å². The molecular weight excluding hydrogens is 267 g/mol. The molecule has 0 aliphatic carbocycles. The number of hydrogen-bond acceptors (Lipinski definition) is 2. The Balaban J connectivity index is 1.92. The number of nitrogens with one attached hydrogen (secondary N) is 2. The lowest BCUT2D eigenvalue weighted by molar-refractivity contribution is -0.117. The summed E-state index contributed by atoms with van der Waals surface area (Å²) in [6.07, 6.45) is 0. The molecule has 2 atom stereocenters. The molecule has 2 aromatic carbocycles. The summed E-state index contributed by atoms with van der Waals surface area (Å²) in [7, 11) is 0. The Morgan fingerprint density at radius 2 is 1.62 bits per heavy atom. The summed E-state index contributed by atoms with van der Waals surface area (Å²) in [6, 6.07) is 15.4. The highest BCUT2D eigenvalue weighted by molar-refractivity contribution is 5.94. The highest BCUT2D eigenvalue weighted by Crippen LogP contribution is 2.13. The van der Waals surface area contributed by atoms with Crippen LogP contribution in [0.2, 0.25) is 0 Å². The smallest absolute Gasteiger partial charge is 0.241 e. The first-order valence-electron chi connectivity index (χ1n) is 6.93. The summed E-state index contributed by atoms with van der Waals surface area (Å²) < 4.78 is 12.8. The molecule has 0 aromatic heterocycles. The van der Waals surface area contributed by atoms with Gasteiger partial charge in [0.25, 0.3) is 0 Å². The quantitative estimate of drug-likeness (QED) is 0.883. The standard InChI is InChI=1S/C17H19FN2O/c1-12(14-6-4-3-5-7-14)19-13(2)17(21)20-16-10-8-15(18)9-11-16/h3-13,19H,1-2H3,(H,20,21)/t12-,13+/m0/s1. The molecule has 2 aromatic rings. The first-order chi connectivity index (χ1) is 10.1. The Kier molecular flexibility index (Phi) is 5.06. The van der Waals surface area contributed by atoms with Crippen LogP contribution in [0.15, 0.2) is 54.6 Å². The highest BCUT2D eigenvalue weighted by Gasteiger charge is 2.16. The van der Waals surface area contributed by atoms with E-state index in [2.05, 4.69) is 10.6 Å². The normalized spacial score (nSPS) is 13.5. The van der Waals surface area contributed by atoms with Gasteiger partial charge >= 0.3 is 0 Å². The van der Waals surface area contributed by atoms with Crippen LogP contribution in [0.25, 0.3) is 0 Å². The van der Waals surface area contributed by atoms with E-state index in [1.54, 1.807) is 19.1 Å². The van der Waals surface area contributed by atoms with E-state index in [1.807, 2.05) is 37.3 Å². The van der Waals surface area contributed by atoms with Crippen LogP contribution in [0, 0.1) is 5.82 Å². The van der Waals surface area contributed by atoms with Crippen molar-refractivity contribution in [2.24, 2.45) is 0 Å². The number of rotatable bonds is 5. The Morgan fingerprint density at radius 1 is 1.00 bits per heavy atom. The number of hydrogen-bond donors (Lipinski definition) is 2. The molecule has 0 radical (unpaired) electrons. The van der Waals surface area contributed by atoms with Crippen molar-refractivity contribution in [2.75, 3.05) is 5.32 Å². The number of amides is 1. The van der Waals surface area contributed by atoms with Crippen LogP contribution in [-0.2, 0) is 4.79 Å². The van der Waals surface area contributed by atoms with Gasteiger partial charge in [-0.2, -0.15) is 0 Å². The summed E-state index contributed by atoms with van der Waals surface area (Å²) in [5, 5.41) is 6.00. The summed E-state index contributed by atoms with van der Waals surface area (Å²) in [5.41, 5.74) is 1.71. The average Bonchev–Trinajstić information content (AvgIpc) is 2.50. The van der Waals surface area contributed by atoms with Crippen LogP contribution in [-0.4, -0.2) is 11.9 Å². The van der Waals surface area contributed by atoms with E-state index in [9.17, 15) is 9.18 Å². The van der Waals surface area contributed by atoms with Crippen molar-refractivity contribution < 1.29 is 9.18 Å². The van der Waals surface area contributed by atoms with Crippen molar-refractivity contribution in [1.82, 2.24) is 5.32 Å². The van der Waals surface area contributed by atoms with Gasteiger partial charge in [-0.3, -0.25) is 10.1 Å². The molecule has 2 N–H and O–H groups in total. The second kappa shape index (κ2) is 6.99. The molecule has 0 saturated carbocycles. The molecule has 0 unspecified atom stereocenters. The van der Waals surface area contributed by atoms with Crippen LogP contribution < -0.4 is 10.6 Å². The maximum absolute atomic E-state index is 12.8. The van der Waals surface area contributed by atoms with Crippen molar-refractivity contribution in [1.29, 1.82) is 0 Å². The molecule has 0 fully saturated rings. The van der Waals surface area contributed by atoms with E-state index in [1.165, 1.54) is 12.1 Å². The molecule has 4 heteroatoms. The SMILES string of the molecule is C[C@H](N[C@H](C)C(=O)Nc1ccc(F)cc1)c1ccccc1. The molecule has 110 valence electrons. The minimum Gasteiger partial charge on any atom is -0.325 e. The van der Waals surface area contributed by atoms with E-state index in [0.29, 0.717) is 5.69 Å². The first kappa shape index (κ1) is 15.2. The number of anilines is 1. The van der Waals surface area contributed by atoms with Crippen LogP contribution in [0.3, 0.4) is 0 Å². The van der Waals surface area contributed by atoms with Crippen molar-refractivity contribution in [3.8, 4) is 0 Å². The van der Waals surface area contributed by atoms with Gasteiger partial charge < -0.3 is 5.32 Å². The van der Waals surface area contributed by atoms with E-state index in [4.69, 9.17) is 0 Å². The summed E-state index contributed by atoms with van der Waals surface area (Å²) in [5.74, 6) is -0.471. The van der Waals surface area contributed by atoms with Crippen molar-refractivity contribution in [3.05, 3.63) is 66.0 Å². The van der Waals surface area contributed by atoms with Gasteiger partial charge in [-0.15, -0.1) is 0 Å². The zero-order valence-electron chi connectivity index (χ0n) is 12.1. The summed E-state index contributed by atoms with van der Waals surface area (Å²) >= 11 is 0. The third kappa shape index (κ3) is 4.39. The van der Waals surface area contributed by atoms with Crippen molar-refractivity contribution >= 4 is 11.6 Å². The Labute approximate surface area is 124 Å². The minimum atomic E-state index is -0.356. The lowest BCUT2D eigenvalue weighted by Crippen LogP contribution is -2.39. The third-order valence-electron chi connectivity index (χ3n) is 3.30. The van der Waals surface area contributed by atoms with Gasteiger partial charge in [-0.1, -0.05) is 30.3 Å². The van der Waals surface area contributed by atoms with Crippen LogP contribution in [0.5, 0.6) is 0 Å². The van der Waals surface area contributed by atoms with Gasteiger partial charge in [0.15, 0.2) is 0 Å². The fourth-order valence-electron chi connectivity index (χ4n) is 2.07. The number of carbonyl (C=O) groups is 1. The van der Waals surface area contributed by atoms with E-state index >= 15 is 0 Å². The van der Waals surface area contributed by atoms with Gasteiger partial charge in [0, 0.05) is 11.7 Å². The van der Waals surface area contributed by atoms with E-state index in [0.717, 1.165) is 5.56 Å². The summed E-state index contributed by atoms with van der Waals surface area (Å²) in [6.45, 7) is 3.81. The highest BCUT2D eigenvalue weighted by atomic mass is 19.1. The van der Waals surface area contributed by atoms with Crippen molar-refractivity contribution in [2.45, 2.75) is 25.9 Å². The molecule has 0 spiro atoms. The number of benzene rings is 2. The zero-order chi connectivity index (χ0) is 15.2. The average molecular weight is 286 g/mol. The Morgan fingerprint density at radius 3 is 2.24 bits per heavy atom. The molecule has 0 aliphatic heterocycles. The predicted molar refractivity (Wildman–Crippen MR) is 82.5 cm³/mol. The Hall–Kier alpha value is -2.20. The maximum atomic E-state index is 12.8. The number of halogens is 1. The Bertz CT molecular complexity index is 583. The van der Waals surface area contributed by atoms with Gasteiger partial charge in [-0.25, -0.2) is 4.39 Å². The molecule has 0 heterocycles. The molecular formula is C17H19FN2O. The maximum Gasteiger partial charge on any atom is 0.241 e. The fraction of sp³-hybridized carbons (Fsp3) is 0.235. The van der Waals surface area contributed by atoms with E-state index in [-0.39, 0.29) is 23.8 Å². The summed E-state index contributed by atoms with van der Waals surface area (Å²) in [4.78, 5) is 12.1. The molecule has 21 heavy (non-hydrogen) atoms. The second-order valence-electron chi connectivity index (χ2n) is 5.02. The van der Waals surface area contributed by atoms with Crippen LogP contribution in [0.1, 0.15) is 25.5 Å². The number of carbonyl (C=O) groups excluding carboxylic acids is 1. The predicted octanol–water partition coefficient (Wildman–Crippen LogP) is 3.50. The van der Waals surface area contributed by atoms with E-state index < -0.39 is 0 Å². The monoisotopic (exact) mass is 286 g/mol. The van der Waals surface area contributed by atoms with Crippen LogP contribution in [0.4, 0.5) is 10.1 Å². The lowest BCUT2D eigenvalue weighted by Gasteiger charge is -2.20. The van der Waals surface area contributed by atoms with Gasteiger partial charge in [0.05, 0.1) is 6.04 Å². The topological polar surface area (TPSA) is 41.1 Å². The van der Waals surface area contributed by atoms with Crippen LogP contribution >= 0.6 is 0 Å². The first-order valence-corrected chi connectivity index (χ1v) is 6.93. The third-order valence-corrected chi connectivity index (χ3v) is 3.30. The molecule has 0 bridgehead atoms. The molecule has 3 nitrogen and oxygen atoms in total. The second-order valence-corrected chi connectivity index (χ2v) is 5.02. The zero-order valence-corrected chi connectivity index (χ0v) is 12.1. The lowest BCUT2D eigenvalue weighted by atomic mass is 10.1. The fourth-order valence-corrected chi connectivity index (χ4v) is 2.07. The van der Waals surface area contributed by atoms with Crippen molar-refractivity contribution in [3.63, 3.8) is 0 Å². The minimum absolute atomic E-state index is 0.0696.